The molecule has 0 amide bonds. The lowest BCUT2D eigenvalue weighted by Gasteiger charge is -2.13. The molecule has 2 aromatic rings. The van der Waals surface area contributed by atoms with Crippen LogP contribution in [-0.2, 0) is 6.42 Å². The molecule has 0 saturated heterocycles. The molecule has 21 heavy (non-hydrogen) atoms. The molecule has 0 aliphatic heterocycles. The summed E-state index contributed by atoms with van der Waals surface area (Å²) in [4.78, 5) is 0. The second-order valence-electron chi connectivity index (χ2n) is 5.03. The number of aliphatic hydroxyl groups is 1. The molecule has 1 N–H and O–H groups in total. The highest BCUT2D eigenvalue weighted by molar-refractivity contribution is 5.29. The van der Waals surface area contributed by atoms with Crippen LogP contribution in [0.4, 0.5) is 8.78 Å². The van der Waals surface area contributed by atoms with Crippen LogP contribution in [0.25, 0.3) is 0 Å². The van der Waals surface area contributed by atoms with Crippen LogP contribution in [0.3, 0.4) is 0 Å². The summed E-state index contributed by atoms with van der Waals surface area (Å²) in [5.41, 5.74) is 1.24. The van der Waals surface area contributed by atoms with Crippen molar-refractivity contribution in [2.24, 2.45) is 0 Å². The van der Waals surface area contributed by atoms with E-state index >= 15 is 0 Å². The topological polar surface area (TPSA) is 29.5 Å². The normalized spacial score (nSPS) is 12.2. The predicted molar refractivity (Wildman–Crippen MR) is 77.4 cm³/mol. The Balaban J connectivity index is 2.04. The van der Waals surface area contributed by atoms with E-state index in [2.05, 4.69) is 0 Å². The molecule has 4 heteroatoms. The SMILES string of the molecule is COc1ccc(CCC(O)c2cc(F)c(C)cc2F)cc1. The van der Waals surface area contributed by atoms with Crippen LogP contribution in [0, 0.1) is 18.6 Å². The van der Waals surface area contributed by atoms with Gasteiger partial charge in [0.05, 0.1) is 13.2 Å². The molecule has 0 radical (unpaired) electrons. The number of halogens is 2. The number of aliphatic hydroxyl groups excluding tert-OH is 1. The number of aryl methyl sites for hydroxylation is 2. The fourth-order valence-electron chi connectivity index (χ4n) is 2.17. The van der Waals surface area contributed by atoms with Gasteiger partial charge in [-0.15, -0.1) is 0 Å². The van der Waals surface area contributed by atoms with Crippen molar-refractivity contribution >= 4 is 0 Å². The van der Waals surface area contributed by atoms with Crippen LogP contribution in [0.15, 0.2) is 36.4 Å². The first-order valence-corrected chi connectivity index (χ1v) is 6.78. The Kier molecular flexibility index (Phi) is 4.91. The molecule has 0 heterocycles. The van der Waals surface area contributed by atoms with Crippen molar-refractivity contribution < 1.29 is 18.6 Å². The molecule has 112 valence electrons. The predicted octanol–water partition coefficient (Wildman–Crippen LogP) is 3.95. The molecule has 0 fully saturated rings. The lowest BCUT2D eigenvalue weighted by molar-refractivity contribution is 0.162. The number of hydrogen-bond donors (Lipinski definition) is 1. The van der Waals surface area contributed by atoms with Crippen molar-refractivity contribution in [3.63, 3.8) is 0 Å². The zero-order valence-corrected chi connectivity index (χ0v) is 12.1. The van der Waals surface area contributed by atoms with E-state index in [9.17, 15) is 13.9 Å². The molecule has 0 aliphatic rings. The van der Waals surface area contributed by atoms with Crippen LogP contribution in [0.2, 0.25) is 0 Å². The number of benzene rings is 2. The third-order valence-electron chi connectivity index (χ3n) is 3.50. The Morgan fingerprint density at radius 1 is 1.10 bits per heavy atom. The lowest BCUT2D eigenvalue weighted by Crippen LogP contribution is -2.04. The monoisotopic (exact) mass is 292 g/mol. The minimum absolute atomic E-state index is 0.00612. The summed E-state index contributed by atoms with van der Waals surface area (Å²) in [6.45, 7) is 1.49. The van der Waals surface area contributed by atoms with Gasteiger partial charge in [-0.2, -0.15) is 0 Å². The number of ether oxygens (including phenoxy) is 1. The van der Waals surface area contributed by atoms with Crippen molar-refractivity contribution in [3.8, 4) is 5.75 Å². The zero-order valence-electron chi connectivity index (χ0n) is 12.1. The average Bonchev–Trinajstić information content (AvgIpc) is 2.49. The summed E-state index contributed by atoms with van der Waals surface area (Å²) in [5.74, 6) is -0.322. The van der Waals surface area contributed by atoms with E-state index in [1.807, 2.05) is 24.3 Å². The highest BCUT2D eigenvalue weighted by Gasteiger charge is 2.15. The van der Waals surface area contributed by atoms with Gasteiger partial charge in [0.25, 0.3) is 0 Å². The molecule has 0 bridgehead atoms. The molecule has 2 rings (SSSR count). The average molecular weight is 292 g/mol. The maximum Gasteiger partial charge on any atom is 0.129 e. The van der Waals surface area contributed by atoms with Gasteiger partial charge < -0.3 is 9.84 Å². The number of rotatable bonds is 5. The Labute approximate surface area is 123 Å². The molecule has 2 aromatic carbocycles. The minimum atomic E-state index is -1.03. The van der Waals surface area contributed by atoms with Crippen molar-refractivity contribution in [1.29, 1.82) is 0 Å². The second-order valence-corrected chi connectivity index (χ2v) is 5.03. The summed E-state index contributed by atoms with van der Waals surface area (Å²) in [6.07, 6.45) is -0.131. The van der Waals surface area contributed by atoms with Gasteiger partial charge in [0.2, 0.25) is 0 Å². The highest BCUT2D eigenvalue weighted by atomic mass is 19.1. The highest BCUT2D eigenvalue weighted by Crippen LogP contribution is 2.25. The van der Waals surface area contributed by atoms with Crippen LogP contribution in [0.5, 0.6) is 5.75 Å². The largest absolute Gasteiger partial charge is 0.497 e. The second kappa shape index (κ2) is 6.68. The summed E-state index contributed by atoms with van der Waals surface area (Å²) in [5, 5.41) is 10.0. The molecule has 0 aliphatic carbocycles. The first-order valence-electron chi connectivity index (χ1n) is 6.78. The first kappa shape index (κ1) is 15.4. The van der Waals surface area contributed by atoms with E-state index in [4.69, 9.17) is 4.74 Å². The molecular formula is C17H18F2O2. The fraction of sp³-hybridized carbons (Fsp3) is 0.294. The maximum absolute atomic E-state index is 13.8. The number of methoxy groups -OCH3 is 1. The summed E-state index contributed by atoms with van der Waals surface area (Å²) in [7, 11) is 1.59. The molecule has 2 nitrogen and oxygen atoms in total. The maximum atomic E-state index is 13.8. The molecular weight excluding hydrogens is 274 g/mol. The molecule has 0 aromatic heterocycles. The van der Waals surface area contributed by atoms with Crippen molar-refractivity contribution in [1.82, 2.24) is 0 Å². The third-order valence-corrected chi connectivity index (χ3v) is 3.50. The van der Waals surface area contributed by atoms with E-state index in [-0.39, 0.29) is 11.1 Å². The molecule has 0 saturated carbocycles. The molecule has 1 unspecified atom stereocenters. The van der Waals surface area contributed by atoms with E-state index in [1.165, 1.54) is 6.92 Å². The van der Waals surface area contributed by atoms with E-state index in [0.717, 1.165) is 23.4 Å². The van der Waals surface area contributed by atoms with Gasteiger partial charge in [0.1, 0.15) is 17.4 Å². The Hall–Kier alpha value is -1.94. The van der Waals surface area contributed by atoms with Crippen LogP contribution in [-0.4, -0.2) is 12.2 Å². The van der Waals surface area contributed by atoms with Gasteiger partial charge in [-0.1, -0.05) is 12.1 Å². The van der Waals surface area contributed by atoms with Gasteiger partial charge in [-0.3, -0.25) is 0 Å². The first-order chi connectivity index (χ1) is 10.0. The summed E-state index contributed by atoms with van der Waals surface area (Å²) >= 11 is 0. The third kappa shape index (κ3) is 3.79. The Bertz CT molecular complexity index is 609. The van der Waals surface area contributed by atoms with Gasteiger partial charge in [0.15, 0.2) is 0 Å². The van der Waals surface area contributed by atoms with E-state index in [1.54, 1.807) is 7.11 Å². The fourth-order valence-corrected chi connectivity index (χ4v) is 2.17. The van der Waals surface area contributed by atoms with Crippen molar-refractivity contribution in [3.05, 3.63) is 64.7 Å². The van der Waals surface area contributed by atoms with Gasteiger partial charge in [-0.25, -0.2) is 8.78 Å². The zero-order chi connectivity index (χ0) is 15.4. The van der Waals surface area contributed by atoms with Crippen molar-refractivity contribution in [2.75, 3.05) is 7.11 Å². The van der Waals surface area contributed by atoms with E-state index in [0.29, 0.717) is 12.8 Å². The molecule has 1 atom stereocenters. The number of hydrogen-bond acceptors (Lipinski definition) is 2. The Morgan fingerprint density at radius 2 is 1.76 bits per heavy atom. The van der Waals surface area contributed by atoms with Crippen LogP contribution < -0.4 is 4.74 Å². The Morgan fingerprint density at radius 3 is 2.38 bits per heavy atom. The van der Waals surface area contributed by atoms with Gasteiger partial charge >= 0.3 is 0 Å². The summed E-state index contributed by atoms with van der Waals surface area (Å²) in [6, 6.07) is 9.61. The quantitative estimate of drug-likeness (QED) is 0.904. The standard InChI is InChI=1S/C17H18F2O2/c1-11-9-16(19)14(10-15(11)18)17(20)8-5-12-3-6-13(21-2)7-4-12/h3-4,6-7,9-10,17,20H,5,8H2,1-2H3. The summed E-state index contributed by atoms with van der Waals surface area (Å²) < 4.78 is 32.3. The minimum Gasteiger partial charge on any atom is -0.497 e. The van der Waals surface area contributed by atoms with Crippen molar-refractivity contribution in [2.45, 2.75) is 25.9 Å². The molecule has 0 spiro atoms. The lowest BCUT2D eigenvalue weighted by atomic mass is 9.99. The smallest absolute Gasteiger partial charge is 0.129 e. The van der Waals surface area contributed by atoms with Gasteiger partial charge in [0, 0.05) is 5.56 Å². The van der Waals surface area contributed by atoms with Crippen LogP contribution in [0.1, 0.15) is 29.2 Å². The van der Waals surface area contributed by atoms with E-state index < -0.39 is 17.7 Å². The van der Waals surface area contributed by atoms with Crippen LogP contribution >= 0.6 is 0 Å². The van der Waals surface area contributed by atoms with Gasteiger partial charge in [-0.05, 0) is 55.2 Å².